The summed E-state index contributed by atoms with van der Waals surface area (Å²) in [6.45, 7) is 2.40. The van der Waals surface area contributed by atoms with E-state index in [4.69, 9.17) is 10.5 Å². The third-order valence-corrected chi connectivity index (χ3v) is 2.49. The number of nitrogen functional groups attached to an aromatic ring is 1. The molecule has 2 rings (SSSR count). The van der Waals surface area contributed by atoms with Crippen molar-refractivity contribution in [1.82, 2.24) is 0 Å². The lowest BCUT2D eigenvalue weighted by atomic mass is 10.2. The van der Waals surface area contributed by atoms with Crippen LogP contribution in [0.15, 0.2) is 42.5 Å². The van der Waals surface area contributed by atoms with E-state index >= 15 is 0 Å². The van der Waals surface area contributed by atoms with Gasteiger partial charge in [-0.1, -0.05) is 23.8 Å². The first-order chi connectivity index (χ1) is 8.15. The molecule has 0 saturated heterocycles. The second-order valence-electron chi connectivity index (χ2n) is 3.96. The van der Waals surface area contributed by atoms with E-state index in [0.717, 1.165) is 11.3 Å². The van der Waals surface area contributed by atoms with E-state index in [-0.39, 0.29) is 5.69 Å². The van der Waals surface area contributed by atoms with Gasteiger partial charge in [-0.15, -0.1) is 0 Å². The van der Waals surface area contributed by atoms with Crippen molar-refractivity contribution in [2.24, 2.45) is 0 Å². The van der Waals surface area contributed by atoms with Crippen LogP contribution in [0, 0.1) is 12.7 Å². The second kappa shape index (κ2) is 4.87. The number of aryl methyl sites for hydroxylation is 1. The molecule has 0 bridgehead atoms. The van der Waals surface area contributed by atoms with E-state index in [1.807, 2.05) is 31.2 Å². The molecule has 3 heteroatoms. The number of ether oxygens (including phenoxy) is 1. The second-order valence-corrected chi connectivity index (χ2v) is 3.96. The number of hydrogen-bond acceptors (Lipinski definition) is 2. The van der Waals surface area contributed by atoms with Crippen LogP contribution in [0.4, 0.5) is 10.1 Å². The molecule has 0 spiro atoms. The zero-order chi connectivity index (χ0) is 12.3. The topological polar surface area (TPSA) is 35.2 Å². The van der Waals surface area contributed by atoms with Gasteiger partial charge in [0.25, 0.3) is 0 Å². The Morgan fingerprint density at radius 1 is 1.12 bits per heavy atom. The molecule has 2 N–H and O–H groups in total. The number of anilines is 1. The quantitative estimate of drug-likeness (QED) is 0.822. The van der Waals surface area contributed by atoms with Crippen molar-refractivity contribution >= 4 is 5.69 Å². The Morgan fingerprint density at radius 2 is 1.82 bits per heavy atom. The summed E-state index contributed by atoms with van der Waals surface area (Å²) in [5.74, 6) is 0.391. The summed E-state index contributed by atoms with van der Waals surface area (Å²) in [6.07, 6.45) is 0. The molecule has 0 atom stereocenters. The number of rotatable bonds is 3. The highest BCUT2D eigenvalue weighted by Crippen LogP contribution is 2.16. The first-order valence-electron chi connectivity index (χ1n) is 5.38. The summed E-state index contributed by atoms with van der Waals surface area (Å²) in [7, 11) is 0. The summed E-state index contributed by atoms with van der Waals surface area (Å²) in [6, 6.07) is 12.4. The molecule has 0 aliphatic carbocycles. The molecule has 0 saturated carbocycles. The van der Waals surface area contributed by atoms with Gasteiger partial charge in [0.2, 0.25) is 0 Å². The van der Waals surface area contributed by atoms with Crippen LogP contribution in [-0.2, 0) is 6.61 Å². The van der Waals surface area contributed by atoms with Crippen LogP contribution in [0.5, 0.6) is 5.75 Å². The van der Waals surface area contributed by atoms with Crippen LogP contribution in [0.1, 0.15) is 11.1 Å². The van der Waals surface area contributed by atoms with E-state index in [9.17, 15) is 4.39 Å². The van der Waals surface area contributed by atoms with E-state index in [0.29, 0.717) is 6.61 Å². The minimum atomic E-state index is -0.399. The van der Waals surface area contributed by atoms with E-state index < -0.39 is 5.82 Å². The van der Waals surface area contributed by atoms with E-state index in [1.165, 1.54) is 11.6 Å². The van der Waals surface area contributed by atoms with Crippen LogP contribution < -0.4 is 10.5 Å². The number of benzene rings is 2. The summed E-state index contributed by atoms with van der Waals surface area (Å²) in [5, 5.41) is 0. The van der Waals surface area contributed by atoms with Crippen LogP contribution in [-0.4, -0.2) is 0 Å². The monoisotopic (exact) mass is 231 g/mol. The van der Waals surface area contributed by atoms with Gasteiger partial charge in [0.05, 0.1) is 5.69 Å². The predicted octanol–water partition coefficient (Wildman–Crippen LogP) is 3.30. The minimum Gasteiger partial charge on any atom is -0.489 e. The third kappa shape index (κ3) is 2.97. The average Bonchev–Trinajstić information content (AvgIpc) is 2.33. The van der Waals surface area contributed by atoms with Crippen molar-refractivity contribution < 1.29 is 9.13 Å². The SMILES string of the molecule is Cc1ccc(OCc2ccc(F)c(N)c2)cc1. The highest BCUT2D eigenvalue weighted by atomic mass is 19.1. The van der Waals surface area contributed by atoms with Gasteiger partial charge in [-0.05, 0) is 36.8 Å². The first-order valence-corrected chi connectivity index (χ1v) is 5.38. The maximum atomic E-state index is 12.9. The van der Waals surface area contributed by atoms with Gasteiger partial charge in [-0.25, -0.2) is 4.39 Å². The van der Waals surface area contributed by atoms with Gasteiger partial charge < -0.3 is 10.5 Å². The zero-order valence-corrected chi connectivity index (χ0v) is 9.61. The molecule has 0 amide bonds. The lowest BCUT2D eigenvalue weighted by molar-refractivity contribution is 0.306. The van der Waals surface area contributed by atoms with Crippen LogP contribution in [0.25, 0.3) is 0 Å². The van der Waals surface area contributed by atoms with Crippen molar-refractivity contribution in [2.45, 2.75) is 13.5 Å². The Bertz CT molecular complexity index is 508. The third-order valence-electron chi connectivity index (χ3n) is 2.49. The molecule has 2 nitrogen and oxygen atoms in total. The van der Waals surface area contributed by atoms with Crippen molar-refractivity contribution in [3.8, 4) is 5.75 Å². The Labute approximate surface area is 99.8 Å². The van der Waals surface area contributed by atoms with Gasteiger partial charge >= 0.3 is 0 Å². The fourth-order valence-corrected chi connectivity index (χ4v) is 1.48. The Kier molecular flexibility index (Phi) is 3.28. The minimum absolute atomic E-state index is 0.148. The Morgan fingerprint density at radius 3 is 2.47 bits per heavy atom. The number of nitrogens with two attached hydrogens (primary N) is 1. The summed E-state index contributed by atoms with van der Waals surface area (Å²) in [4.78, 5) is 0. The Hall–Kier alpha value is -2.03. The summed E-state index contributed by atoms with van der Waals surface area (Å²) in [5.41, 5.74) is 7.66. The molecule has 0 unspecified atom stereocenters. The summed E-state index contributed by atoms with van der Waals surface area (Å²) >= 11 is 0. The van der Waals surface area contributed by atoms with Crippen molar-refractivity contribution in [3.05, 3.63) is 59.4 Å². The van der Waals surface area contributed by atoms with Crippen molar-refractivity contribution in [2.75, 3.05) is 5.73 Å². The van der Waals surface area contributed by atoms with Crippen LogP contribution in [0.2, 0.25) is 0 Å². The van der Waals surface area contributed by atoms with E-state index in [2.05, 4.69) is 0 Å². The lowest BCUT2D eigenvalue weighted by Crippen LogP contribution is -1.98. The van der Waals surface area contributed by atoms with Gasteiger partial charge in [0.15, 0.2) is 0 Å². The molecular weight excluding hydrogens is 217 g/mol. The first kappa shape index (κ1) is 11.5. The molecule has 88 valence electrons. The average molecular weight is 231 g/mol. The number of hydrogen-bond donors (Lipinski definition) is 1. The molecule has 0 radical (unpaired) electrons. The number of halogens is 1. The fraction of sp³-hybridized carbons (Fsp3) is 0.143. The molecule has 0 aliphatic heterocycles. The molecule has 2 aromatic carbocycles. The molecule has 0 aromatic heterocycles. The molecular formula is C14H14FNO. The molecule has 0 heterocycles. The normalized spacial score (nSPS) is 10.2. The lowest BCUT2D eigenvalue weighted by Gasteiger charge is -2.07. The van der Waals surface area contributed by atoms with Crippen molar-refractivity contribution in [3.63, 3.8) is 0 Å². The zero-order valence-electron chi connectivity index (χ0n) is 9.61. The van der Waals surface area contributed by atoms with Crippen molar-refractivity contribution in [1.29, 1.82) is 0 Å². The standard InChI is InChI=1S/C14H14FNO/c1-10-2-5-12(6-3-10)17-9-11-4-7-13(15)14(16)8-11/h2-8H,9,16H2,1H3. The smallest absolute Gasteiger partial charge is 0.146 e. The molecule has 17 heavy (non-hydrogen) atoms. The Balaban J connectivity index is 2.02. The molecule has 2 aromatic rings. The highest BCUT2D eigenvalue weighted by molar-refractivity contribution is 5.42. The van der Waals surface area contributed by atoms with Gasteiger partial charge in [-0.2, -0.15) is 0 Å². The van der Waals surface area contributed by atoms with Gasteiger partial charge in [-0.3, -0.25) is 0 Å². The predicted molar refractivity (Wildman–Crippen MR) is 66.3 cm³/mol. The fourth-order valence-electron chi connectivity index (χ4n) is 1.48. The highest BCUT2D eigenvalue weighted by Gasteiger charge is 2.00. The molecule has 0 fully saturated rings. The largest absolute Gasteiger partial charge is 0.489 e. The van der Waals surface area contributed by atoms with E-state index in [1.54, 1.807) is 12.1 Å². The maximum absolute atomic E-state index is 12.9. The van der Waals surface area contributed by atoms with Crippen LogP contribution >= 0.6 is 0 Å². The van der Waals surface area contributed by atoms with Gasteiger partial charge in [0.1, 0.15) is 18.2 Å². The summed E-state index contributed by atoms with van der Waals surface area (Å²) < 4.78 is 18.5. The molecule has 0 aliphatic rings. The van der Waals surface area contributed by atoms with Crippen LogP contribution in [0.3, 0.4) is 0 Å². The maximum Gasteiger partial charge on any atom is 0.146 e. The van der Waals surface area contributed by atoms with Gasteiger partial charge in [0, 0.05) is 0 Å².